The van der Waals surface area contributed by atoms with Crippen molar-refractivity contribution in [2.45, 2.75) is 19.1 Å². The number of carbonyl (C=O) groups excluding carboxylic acids is 1. The molecule has 0 atom stereocenters. The van der Waals surface area contributed by atoms with Crippen molar-refractivity contribution >= 4 is 50.7 Å². The first-order valence-electron chi connectivity index (χ1n) is 11.6. The number of aryl methyl sites for hydroxylation is 1. The van der Waals surface area contributed by atoms with Crippen LogP contribution < -0.4 is 10.5 Å². The summed E-state index contributed by atoms with van der Waals surface area (Å²) in [5.74, 6) is -1.03. The van der Waals surface area contributed by atoms with E-state index < -0.39 is 15.7 Å². The van der Waals surface area contributed by atoms with E-state index in [2.05, 4.69) is 10.1 Å². The van der Waals surface area contributed by atoms with Crippen LogP contribution in [0.1, 0.15) is 32.6 Å². The maximum atomic E-state index is 14.1. The van der Waals surface area contributed by atoms with E-state index in [4.69, 9.17) is 33.7 Å². The average Bonchev–Trinajstić information content (AvgIpc) is 3.44. The molecule has 2 N–H and O–H groups in total. The fraction of sp³-hybridized carbons (Fsp3) is 0.148. The molecule has 1 aliphatic carbocycles. The van der Waals surface area contributed by atoms with Crippen LogP contribution in [0.5, 0.6) is 11.6 Å². The average molecular weight is 587 g/mol. The Balaban J connectivity index is 1.38. The Morgan fingerprint density at radius 1 is 1.18 bits per heavy atom. The number of Topliss-reactive ketones (excluding diaryl/α,β-unsaturated/α-hetero) is 1. The number of nitrogens with two attached hydrogens (primary N) is 1. The maximum absolute atomic E-state index is 14.1. The molecule has 0 aliphatic heterocycles. The van der Waals surface area contributed by atoms with Gasteiger partial charge in [0, 0.05) is 29.3 Å². The Morgan fingerprint density at radius 3 is 2.64 bits per heavy atom. The molecule has 0 bridgehead atoms. The summed E-state index contributed by atoms with van der Waals surface area (Å²) >= 11 is 12.3. The monoisotopic (exact) mass is 586 g/mol. The number of benzene rings is 2. The highest BCUT2D eigenvalue weighted by Gasteiger charge is 2.26. The van der Waals surface area contributed by atoms with Gasteiger partial charge in [0.15, 0.2) is 27.2 Å². The Labute approximate surface area is 233 Å². The molecule has 2 heterocycles. The highest BCUT2D eigenvalue weighted by molar-refractivity contribution is 7.89. The Hall–Kier alpha value is -3.73. The minimum Gasteiger partial charge on any atom is -0.434 e. The Morgan fingerprint density at radius 2 is 1.95 bits per heavy atom. The molecule has 2 aromatic carbocycles. The zero-order valence-corrected chi connectivity index (χ0v) is 23.0. The summed E-state index contributed by atoms with van der Waals surface area (Å²) in [6.07, 6.45) is 6.00. The summed E-state index contributed by atoms with van der Waals surface area (Å²) in [6, 6.07) is 9.16. The van der Waals surface area contributed by atoms with Crippen molar-refractivity contribution in [2.24, 2.45) is 0 Å². The lowest BCUT2D eigenvalue weighted by molar-refractivity contribution is 0.103. The molecular formula is C27H21Cl2FN4O4S. The zero-order valence-electron chi connectivity index (χ0n) is 20.7. The van der Waals surface area contributed by atoms with Crippen LogP contribution in [-0.2, 0) is 22.0 Å². The van der Waals surface area contributed by atoms with Crippen LogP contribution in [0.25, 0.3) is 11.8 Å². The summed E-state index contributed by atoms with van der Waals surface area (Å²) in [4.78, 5) is 17.6. The minimum atomic E-state index is -3.28. The summed E-state index contributed by atoms with van der Waals surface area (Å²) < 4.78 is 44.5. The molecular weight excluding hydrogens is 566 g/mol. The minimum absolute atomic E-state index is 0.107. The molecule has 0 unspecified atom stereocenters. The number of anilines is 1. The quantitative estimate of drug-likeness (QED) is 0.273. The highest BCUT2D eigenvalue weighted by atomic mass is 35.5. The summed E-state index contributed by atoms with van der Waals surface area (Å²) in [7, 11) is -3.28. The largest absolute Gasteiger partial charge is 0.434 e. The number of nitrogen functional groups attached to an aromatic ring is 1. The molecule has 1 aliphatic rings. The molecule has 200 valence electrons. The molecule has 0 radical (unpaired) electrons. The van der Waals surface area contributed by atoms with Gasteiger partial charge in [0.1, 0.15) is 5.82 Å². The summed E-state index contributed by atoms with van der Waals surface area (Å²) in [5.41, 5.74) is 10.2. The molecule has 0 saturated carbocycles. The zero-order chi connectivity index (χ0) is 28.1. The van der Waals surface area contributed by atoms with Crippen LogP contribution >= 0.6 is 23.2 Å². The standard InChI is InChI=1S/C27H21Cl2FN4O4S/c1-14-6-24(38-26-20(28)4-3-5-22(26)30)32-12-23(14)34-27(31)19(11-33-34)25(35)17-7-15-9-18(13-39(2,36)37)21(29)10-16(15)8-17/h3-6,8-12H,7,13,31H2,1-2H3. The van der Waals surface area contributed by atoms with Gasteiger partial charge in [-0.3, -0.25) is 4.79 Å². The van der Waals surface area contributed by atoms with E-state index >= 15 is 0 Å². The fourth-order valence-electron chi connectivity index (χ4n) is 4.34. The van der Waals surface area contributed by atoms with E-state index in [9.17, 15) is 17.6 Å². The Kier molecular flexibility index (Phi) is 6.96. The lowest BCUT2D eigenvalue weighted by Gasteiger charge is -2.11. The number of nitrogens with zero attached hydrogens (tertiary/aromatic N) is 3. The van der Waals surface area contributed by atoms with Crippen LogP contribution in [-0.4, -0.2) is 35.2 Å². The van der Waals surface area contributed by atoms with Crippen molar-refractivity contribution in [3.63, 3.8) is 0 Å². The van der Waals surface area contributed by atoms with Crippen LogP contribution in [0.15, 0.2) is 54.4 Å². The molecule has 0 fully saturated rings. The second-order valence-corrected chi connectivity index (χ2v) is 12.2. The number of pyridine rings is 1. The van der Waals surface area contributed by atoms with Gasteiger partial charge in [-0.25, -0.2) is 22.5 Å². The molecule has 12 heteroatoms. The van der Waals surface area contributed by atoms with Crippen LogP contribution in [0.2, 0.25) is 10.0 Å². The first-order chi connectivity index (χ1) is 18.4. The predicted octanol–water partition coefficient (Wildman–Crippen LogP) is 5.76. The van der Waals surface area contributed by atoms with Crippen molar-refractivity contribution in [2.75, 3.05) is 12.0 Å². The second kappa shape index (κ2) is 10.1. The summed E-state index contributed by atoms with van der Waals surface area (Å²) in [5, 5.41) is 4.72. The summed E-state index contributed by atoms with van der Waals surface area (Å²) in [6.45, 7) is 1.77. The Bertz CT molecular complexity index is 1780. The number of fused-ring (bicyclic) bond motifs is 1. The number of aromatic nitrogens is 3. The third-order valence-corrected chi connectivity index (χ3v) is 7.68. The number of ether oxygens (including phenoxy) is 1. The lowest BCUT2D eigenvalue weighted by atomic mass is 10.0. The van der Waals surface area contributed by atoms with E-state index in [1.807, 2.05) is 0 Å². The van der Waals surface area contributed by atoms with Gasteiger partial charge in [-0.15, -0.1) is 0 Å². The number of halogens is 3. The van der Waals surface area contributed by atoms with Gasteiger partial charge in [-0.1, -0.05) is 35.3 Å². The van der Waals surface area contributed by atoms with E-state index in [-0.39, 0.29) is 39.6 Å². The SMILES string of the molecule is Cc1cc(Oc2c(F)cccc2Cl)ncc1-n1ncc(C(=O)C2=Cc3cc(Cl)c(CS(C)(=O)=O)cc3C2)c1N. The van der Waals surface area contributed by atoms with Crippen LogP contribution in [0.3, 0.4) is 0 Å². The molecule has 0 saturated heterocycles. The molecule has 8 nitrogen and oxygen atoms in total. The third-order valence-electron chi connectivity index (χ3n) is 6.19. The van der Waals surface area contributed by atoms with Crippen LogP contribution in [0, 0.1) is 12.7 Å². The smallest absolute Gasteiger partial charge is 0.219 e. The van der Waals surface area contributed by atoms with Gasteiger partial charge in [-0.2, -0.15) is 5.10 Å². The lowest BCUT2D eigenvalue weighted by Crippen LogP contribution is -2.09. The molecule has 5 rings (SSSR count). The van der Waals surface area contributed by atoms with E-state index in [1.54, 1.807) is 31.2 Å². The molecule has 4 aromatic rings. The van der Waals surface area contributed by atoms with E-state index in [1.165, 1.54) is 35.3 Å². The van der Waals surface area contributed by atoms with Gasteiger partial charge >= 0.3 is 0 Å². The molecule has 0 spiro atoms. The second-order valence-electron chi connectivity index (χ2n) is 9.21. The van der Waals surface area contributed by atoms with E-state index in [0.717, 1.165) is 17.4 Å². The van der Waals surface area contributed by atoms with Gasteiger partial charge in [0.05, 0.1) is 34.4 Å². The maximum Gasteiger partial charge on any atom is 0.219 e. The molecule has 0 amide bonds. The fourth-order valence-corrected chi connectivity index (χ4v) is 5.66. The third kappa shape index (κ3) is 5.40. The number of carbonyl (C=O) groups is 1. The highest BCUT2D eigenvalue weighted by Crippen LogP contribution is 2.35. The predicted molar refractivity (Wildman–Crippen MR) is 148 cm³/mol. The molecule has 2 aromatic heterocycles. The van der Waals surface area contributed by atoms with Crippen molar-refractivity contribution in [1.82, 2.24) is 14.8 Å². The first-order valence-corrected chi connectivity index (χ1v) is 14.4. The van der Waals surface area contributed by atoms with E-state index in [0.29, 0.717) is 33.8 Å². The van der Waals surface area contributed by atoms with Crippen molar-refractivity contribution in [3.05, 3.63) is 98.0 Å². The number of hydrogen-bond acceptors (Lipinski definition) is 7. The van der Waals surface area contributed by atoms with Crippen molar-refractivity contribution in [3.8, 4) is 17.3 Å². The normalized spacial score (nSPS) is 12.8. The number of para-hydroxylation sites is 1. The van der Waals surface area contributed by atoms with Crippen molar-refractivity contribution < 1.29 is 22.3 Å². The number of rotatable bonds is 7. The van der Waals surface area contributed by atoms with Gasteiger partial charge in [-0.05, 0) is 53.5 Å². The topological polar surface area (TPSA) is 117 Å². The number of sulfone groups is 1. The van der Waals surface area contributed by atoms with Crippen molar-refractivity contribution in [1.29, 1.82) is 0 Å². The first kappa shape index (κ1) is 26.9. The number of hydrogen-bond donors (Lipinski definition) is 1. The van der Waals surface area contributed by atoms with Gasteiger partial charge in [0.2, 0.25) is 5.88 Å². The number of ketones is 1. The number of allylic oxidation sites excluding steroid dienone is 1. The molecule has 39 heavy (non-hydrogen) atoms. The van der Waals surface area contributed by atoms with Crippen LogP contribution in [0.4, 0.5) is 10.2 Å². The van der Waals surface area contributed by atoms with Gasteiger partial charge < -0.3 is 10.5 Å². The van der Waals surface area contributed by atoms with Gasteiger partial charge in [0.25, 0.3) is 0 Å².